The summed E-state index contributed by atoms with van der Waals surface area (Å²) in [5.74, 6) is -0.904. The summed E-state index contributed by atoms with van der Waals surface area (Å²) in [7, 11) is 0. The summed E-state index contributed by atoms with van der Waals surface area (Å²) in [5.41, 5.74) is 1.21. The number of halogens is 3. The lowest BCUT2D eigenvalue weighted by Crippen LogP contribution is -2.14. The third-order valence-corrected chi connectivity index (χ3v) is 3.67. The highest BCUT2D eigenvalue weighted by Gasteiger charge is 2.35. The van der Waals surface area contributed by atoms with E-state index in [1.165, 1.54) is 11.3 Å². The summed E-state index contributed by atoms with van der Waals surface area (Å²) in [6, 6.07) is 3.41. The fourth-order valence-electron chi connectivity index (χ4n) is 1.67. The molecule has 0 aromatic carbocycles. The lowest BCUT2D eigenvalue weighted by Gasteiger charge is -2.11. The Labute approximate surface area is 118 Å². The molecule has 0 unspecified atom stereocenters. The first-order valence-corrected chi connectivity index (χ1v) is 7.04. The number of aromatic nitrogens is 2. The molecule has 0 bridgehead atoms. The first-order chi connectivity index (χ1) is 9.41. The smallest absolute Gasteiger partial charge is 0.370 e. The highest BCUT2D eigenvalue weighted by atomic mass is 32.1. The lowest BCUT2D eigenvalue weighted by molar-refractivity contribution is -0.144. The molecule has 0 fully saturated rings. The average Bonchev–Trinajstić information content (AvgIpc) is 2.81. The Morgan fingerprint density at radius 1 is 1.30 bits per heavy atom. The van der Waals surface area contributed by atoms with E-state index in [-0.39, 0.29) is 5.82 Å². The Morgan fingerprint density at radius 2 is 2.05 bits per heavy atom. The van der Waals surface area contributed by atoms with Crippen LogP contribution in [-0.2, 0) is 6.18 Å². The number of hydrogen-bond donors (Lipinski definition) is 1. The maximum absolute atomic E-state index is 12.9. The molecular formula is C13H14F3N3S. The molecule has 0 saturated carbocycles. The van der Waals surface area contributed by atoms with Gasteiger partial charge in [0.2, 0.25) is 5.82 Å². The average molecular weight is 301 g/mol. The van der Waals surface area contributed by atoms with Crippen LogP contribution in [0.25, 0.3) is 10.6 Å². The predicted molar refractivity (Wildman–Crippen MR) is 73.9 cm³/mol. The van der Waals surface area contributed by atoms with E-state index in [9.17, 15) is 13.2 Å². The molecule has 0 amide bonds. The second-order valence-corrected chi connectivity index (χ2v) is 5.24. The minimum absolute atomic E-state index is 0.206. The van der Waals surface area contributed by atoms with E-state index in [1.54, 1.807) is 6.07 Å². The molecule has 0 radical (unpaired) electrons. The maximum Gasteiger partial charge on any atom is 0.451 e. The molecule has 0 aliphatic carbocycles. The van der Waals surface area contributed by atoms with Gasteiger partial charge in [-0.15, -0.1) is 11.3 Å². The number of alkyl halides is 3. The van der Waals surface area contributed by atoms with Gasteiger partial charge < -0.3 is 5.32 Å². The second kappa shape index (κ2) is 5.78. The predicted octanol–water partition coefficient (Wildman–Crippen LogP) is 4.35. The molecule has 2 aromatic heterocycles. The van der Waals surface area contributed by atoms with Crippen molar-refractivity contribution < 1.29 is 13.2 Å². The lowest BCUT2D eigenvalue weighted by atomic mass is 10.2. The van der Waals surface area contributed by atoms with E-state index < -0.39 is 12.0 Å². The van der Waals surface area contributed by atoms with Crippen LogP contribution in [0.5, 0.6) is 0 Å². The van der Waals surface area contributed by atoms with Crippen molar-refractivity contribution in [3.63, 3.8) is 0 Å². The Kier molecular flexibility index (Phi) is 4.27. The van der Waals surface area contributed by atoms with Crippen LogP contribution in [0.4, 0.5) is 19.0 Å². The summed E-state index contributed by atoms with van der Waals surface area (Å²) < 4.78 is 38.6. The van der Waals surface area contributed by atoms with Gasteiger partial charge in [0.05, 0.1) is 10.6 Å². The van der Waals surface area contributed by atoms with Crippen molar-refractivity contribution >= 4 is 17.2 Å². The summed E-state index contributed by atoms with van der Waals surface area (Å²) in [6.45, 7) is 4.35. The molecule has 2 heterocycles. The zero-order valence-corrected chi connectivity index (χ0v) is 11.9. The van der Waals surface area contributed by atoms with Crippen LogP contribution in [0.2, 0.25) is 0 Å². The van der Waals surface area contributed by atoms with Crippen LogP contribution in [0.1, 0.15) is 24.7 Å². The van der Waals surface area contributed by atoms with Gasteiger partial charge in [0.25, 0.3) is 0 Å². The Morgan fingerprint density at radius 3 is 2.60 bits per heavy atom. The Hall–Kier alpha value is -1.63. The van der Waals surface area contributed by atoms with Gasteiger partial charge in [0, 0.05) is 12.6 Å². The van der Waals surface area contributed by atoms with Crippen molar-refractivity contribution in [2.24, 2.45) is 0 Å². The fourth-order valence-corrected chi connectivity index (χ4v) is 2.56. The minimum atomic E-state index is -4.55. The molecule has 1 N–H and O–H groups in total. The molecule has 3 nitrogen and oxygen atoms in total. The van der Waals surface area contributed by atoms with Gasteiger partial charge in [-0.2, -0.15) is 13.2 Å². The van der Waals surface area contributed by atoms with E-state index in [2.05, 4.69) is 15.3 Å². The molecule has 0 saturated heterocycles. The van der Waals surface area contributed by atoms with Gasteiger partial charge in [-0.25, -0.2) is 9.97 Å². The number of hydrogen-bond acceptors (Lipinski definition) is 4. The van der Waals surface area contributed by atoms with Crippen LogP contribution in [-0.4, -0.2) is 16.5 Å². The zero-order valence-electron chi connectivity index (χ0n) is 11.1. The first kappa shape index (κ1) is 14.8. The summed E-state index contributed by atoms with van der Waals surface area (Å²) in [4.78, 5) is 7.92. The quantitative estimate of drug-likeness (QED) is 0.912. The van der Waals surface area contributed by atoms with Gasteiger partial charge in [0.1, 0.15) is 5.82 Å². The van der Waals surface area contributed by atoms with Crippen molar-refractivity contribution in [1.82, 2.24) is 9.97 Å². The van der Waals surface area contributed by atoms with Crippen LogP contribution in [0.15, 0.2) is 17.5 Å². The molecule has 0 spiro atoms. The maximum atomic E-state index is 12.9. The number of rotatable bonds is 4. The van der Waals surface area contributed by atoms with E-state index >= 15 is 0 Å². The van der Waals surface area contributed by atoms with Crippen LogP contribution in [0, 0.1) is 6.92 Å². The van der Waals surface area contributed by atoms with Gasteiger partial charge in [-0.1, -0.05) is 6.92 Å². The Bertz CT molecular complexity index is 593. The van der Waals surface area contributed by atoms with Crippen molar-refractivity contribution in [3.05, 3.63) is 28.9 Å². The second-order valence-electron chi connectivity index (χ2n) is 4.32. The topological polar surface area (TPSA) is 37.8 Å². The number of anilines is 1. The number of thiophene rings is 1. The summed E-state index contributed by atoms with van der Waals surface area (Å²) in [6.07, 6.45) is -3.75. The number of aryl methyl sites for hydroxylation is 1. The molecule has 0 aliphatic heterocycles. The van der Waals surface area contributed by atoms with Crippen molar-refractivity contribution in [3.8, 4) is 10.6 Å². The molecular weight excluding hydrogens is 287 g/mol. The number of nitrogens with zero attached hydrogens (tertiary/aromatic N) is 2. The van der Waals surface area contributed by atoms with Gasteiger partial charge in [0.15, 0.2) is 0 Å². The van der Waals surface area contributed by atoms with Crippen molar-refractivity contribution in [1.29, 1.82) is 0 Å². The van der Waals surface area contributed by atoms with E-state index in [4.69, 9.17) is 0 Å². The van der Waals surface area contributed by atoms with Gasteiger partial charge in [-0.05, 0) is 30.4 Å². The van der Waals surface area contributed by atoms with E-state index in [0.717, 1.165) is 16.9 Å². The number of nitrogens with one attached hydrogen (secondary N) is 1. The van der Waals surface area contributed by atoms with Gasteiger partial charge >= 0.3 is 6.18 Å². The van der Waals surface area contributed by atoms with Crippen LogP contribution < -0.4 is 5.32 Å². The summed E-state index contributed by atoms with van der Waals surface area (Å²) >= 11 is 1.37. The molecule has 2 aromatic rings. The van der Waals surface area contributed by atoms with E-state index in [1.807, 2.05) is 25.3 Å². The molecule has 0 atom stereocenters. The monoisotopic (exact) mass is 301 g/mol. The SMILES string of the molecule is CCCNc1cc(-c2sccc2C)nc(C(F)(F)F)n1. The van der Waals surface area contributed by atoms with Crippen molar-refractivity contribution in [2.45, 2.75) is 26.4 Å². The third-order valence-electron chi connectivity index (χ3n) is 2.63. The highest BCUT2D eigenvalue weighted by molar-refractivity contribution is 7.13. The summed E-state index contributed by atoms with van der Waals surface area (Å²) in [5, 5.41) is 4.71. The molecule has 2 rings (SSSR count). The first-order valence-electron chi connectivity index (χ1n) is 6.16. The molecule has 108 valence electrons. The minimum Gasteiger partial charge on any atom is -0.370 e. The molecule has 7 heteroatoms. The fraction of sp³-hybridized carbons (Fsp3) is 0.385. The molecule has 20 heavy (non-hydrogen) atoms. The van der Waals surface area contributed by atoms with Crippen molar-refractivity contribution in [2.75, 3.05) is 11.9 Å². The van der Waals surface area contributed by atoms with Crippen LogP contribution in [0.3, 0.4) is 0 Å². The zero-order chi connectivity index (χ0) is 14.8. The third kappa shape index (κ3) is 3.27. The highest BCUT2D eigenvalue weighted by Crippen LogP contribution is 2.33. The normalized spacial score (nSPS) is 11.7. The van der Waals surface area contributed by atoms with E-state index in [0.29, 0.717) is 12.2 Å². The molecule has 0 aliphatic rings. The standard InChI is InChI=1S/C13H14F3N3S/c1-3-5-17-10-7-9(11-8(2)4-6-20-11)18-12(19-10)13(14,15)16/h4,6-7H,3,5H2,1-2H3,(H,17,18,19). The van der Waals surface area contributed by atoms with Crippen LogP contribution >= 0.6 is 11.3 Å². The van der Waals surface area contributed by atoms with Gasteiger partial charge in [-0.3, -0.25) is 0 Å². The Balaban J connectivity index is 2.48. The largest absolute Gasteiger partial charge is 0.451 e.